The predicted molar refractivity (Wildman–Crippen MR) is 163 cm³/mol. The van der Waals surface area contributed by atoms with Crippen molar-refractivity contribution in [3.63, 3.8) is 0 Å². The maximum absolute atomic E-state index is 12.4. The molecular weight excluding hydrogens is 506 g/mol. The van der Waals surface area contributed by atoms with Crippen LogP contribution in [-0.2, 0) is 17.8 Å². The molecule has 1 aliphatic heterocycles. The fraction of sp³-hybridized carbons (Fsp3) is 0.533. The zero-order valence-electron chi connectivity index (χ0n) is 25.4. The van der Waals surface area contributed by atoms with E-state index in [1.807, 2.05) is 38.2 Å². The number of aliphatic carboxylic acids is 1. The number of hydrogen-bond donors (Lipinski definition) is 3. The first-order valence-corrected chi connectivity index (χ1v) is 14.1. The summed E-state index contributed by atoms with van der Waals surface area (Å²) < 4.78 is 1.60. The van der Waals surface area contributed by atoms with Crippen LogP contribution in [0.1, 0.15) is 90.6 Å². The lowest BCUT2D eigenvalue weighted by Crippen LogP contribution is -2.33. The van der Waals surface area contributed by atoms with Gasteiger partial charge in [0.15, 0.2) is 5.69 Å². The first-order valence-electron chi connectivity index (χ1n) is 14.1. The number of piperidine rings is 1. The fourth-order valence-electron chi connectivity index (χ4n) is 3.91. The summed E-state index contributed by atoms with van der Waals surface area (Å²) in [5.41, 5.74) is 9.96. The first kappa shape index (κ1) is 36.2. The molecule has 1 saturated heterocycles. The van der Waals surface area contributed by atoms with Crippen LogP contribution in [0.4, 0.5) is 5.69 Å². The van der Waals surface area contributed by atoms with E-state index < -0.39 is 5.97 Å². The average molecular weight is 556 g/mol. The van der Waals surface area contributed by atoms with Crippen molar-refractivity contribution >= 4 is 17.4 Å². The van der Waals surface area contributed by atoms with Gasteiger partial charge in [-0.15, -0.1) is 0 Å². The summed E-state index contributed by atoms with van der Waals surface area (Å²) in [5, 5.41) is 18.5. The van der Waals surface area contributed by atoms with Crippen LogP contribution in [0.25, 0.3) is 5.70 Å². The van der Waals surface area contributed by atoms with Crippen molar-refractivity contribution in [2.75, 3.05) is 25.0 Å². The molecule has 0 bridgehead atoms. The monoisotopic (exact) mass is 555 g/mol. The van der Waals surface area contributed by atoms with Gasteiger partial charge < -0.3 is 25.3 Å². The van der Waals surface area contributed by atoms with Crippen LogP contribution in [0.15, 0.2) is 41.0 Å². The molecule has 222 valence electrons. The van der Waals surface area contributed by atoms with E-state index in [1.165, 1.54) is 17.9 Å². The van der Waals surface area contributed by atoms with Crippen molar-refractivity contribution in [3.05, 3.63) is 63.5 Å². The molecule has 10 heteroatoms. The van der Waals surface area contributed by atoms with Gasteiger partial charge in [0.25, 0.3) is 11.5 Å². The van der Waals surface area contributed by atoms with Gasteiger partial charge in [-0.05, 0) is 43.4 Å². The molecule has 0 amide bonds. The SMILES string of the molecule is CC.CC(=O)O.CCC.CCCc1ccc(=O)n(C/C(=C(/N)c2ccc(N3CCCCC3)c(C#N)n2)N(C)N)c1. The van der Waals surface area contributed by atoms with Crippen molar-refractivity contribution in [1.82, 2.24) is 14.6 Å². The number of carboxylic acid groups (broad SMARTS) is 1. The maximum Gasteiger partial charge on any atom is 0.300 e. The number of hydrazine groups is 1. The number of nitriles is 1. The molecule has 0 aromatic carbocycles. The van der Waals surface area contributed by atoms with Crippen molar-refractivity contribution in [1.29, 1.82) is 5.26 Å². The lowest BCUT2D eigenvalue weighted by atomic mass is 10.1. The molecule has 40 heavy (non-hydrogen) atoms. The third-order valence-electron chi connectivity index (χ3n) is 5.59. The molecule has 0 unspecified atom stereocenters. The van der Waals surface area contributed by atoms with Crippen molar-refractivity contribution < 1.29 is 9.90 Å². The molecule has 10 nitrogen and oxygen atoms in total. The van der Waals surface area contributed by atoms with E-state index in [0.29, 0.717) is 22.8 Å². The van der Waals surface area contributed by atoms with E-state index in [1.54, 1.807) is 17.7 Å². The number of nitrogens with zero attached hydrogens (tertiary/aromatic N) is 5. The van der Waals surface area contributed by atoms with Gasteiger partial charge in [-0.3, -0.25) is 9.59 Å². The zero-order valence-corrected chi connectivity index (χ0v) is 25.4. The second kappa shape index (κ2) is 20.1. The number of aryl methyl sites for hydroxylation is 1. The molecule has 2 aromatic rings. The highest BCUT2D eigenvalue weighted by Crippen LogP contribution is 2.25. The Hall–Kier alpha value is -3.84. The zero-order chi connectivity index (χ0) is 30.7. The van der Waals surface area contributed by atoms with E-state index in [9.17, 15) is 10.1 Å². The average Bonchev–Trinajstić information content (AvgIpc) is 2.94. The van der Waals surface area contributed by atoms with Gasteiger partial charge in [0.2, 0.25) is 0 Å². The number of nitrogens with two attached hydrogens (primary N) is 2. The summed E-state index contributed by atoms with van der Waals surface area (Å²) in [6.07, 6.45) is 8.41. The molecule has 1 fully saturated rings. The van der Waals surface area contributed by atoms with Crippen molar-refractivity contribution in [2.45, 2.75) is 86.6 Å². The first-order chi connectivity index (χ1) is 19.1. The lowest BCUT2D eigenvalue weighted by Gasteiger charge is -2.29. The highest BCUT2D eigenvalue weighted by Gasteiger charge is 2.18. The fourth-order valence-corrected chi connectivity index (χ4v) is 3.91. The highest BCUT2D eigenvalue weighted by molar-refractivity contribution is 5.67. The Morgan fingerprint density at radius 2 is 1.70 bits per heavy atom. The topological polar surface area (TPSA) is 154 Å². The van der Waals surface area contributed by atoms with Gasteiger partial charge in [-0.25, -0.2) is 10.8 Å². The third kappa shape index (κ3) is 12.3. The minimum atomic E-state index is -0.833. The maximum atomic E-state index is 12.4. The molecule has 1 aliphatic rings. The standard InChI is InChI=1S/C23H31N7O.C3H8.C2H4O2.C2H6/c1-3-7-17-8-11-22(31)30(15-17)16-21(28(2)26)23(25)18-9-10-20(19(14-24)27-18)29-12-5-4-6-13-29;1-3-2;1-2(3)4;1-2/h8-11,15H,3-7,12-13,16,25-26H2,1-2H3;3H2,1-2H3;1H3,(H,3,4);1-2H3/b23-21-;;;. The second-order valence-electron chi connectivity index (χ2n) is 9.17. The number of carbonyl (C=O) groups is 1. The smallest absolute Gasteiger partial charge is 0.300 e. The largest absolute Gasteiger partial charge is 0.481 e. The normalized spacial score (nSPS) is 12.6. The van der Waals surface area contributed by atoms with Gasteiger partial charge in [-0.2, -0.15) is 5.26 Å². The van der Waals surface area contributed by atoms with Gasteiger partial charge >= 0.3 is 0 Å². The van der Waals surface area contributed by atoms with Crippen molar-refractivity contribution in [3.8, 4) is 6.07 Å². The number of rotatable bonds is 7. The Kier molecular flexibility index (Phi) is 18.2. The van der Waals surface area contributed by atoms with Gasteiger partial charge in [0.05, 0.1) is 29.3 Å². The van der Waals surface area contributed by atoms with E-state index in [0.717, 1.165) is 56.9 Å². The summed E-state index contributed by atoms with van der Waals surface area (Å²) >= 11 is 0. The summed E-state index contributed by atoms with van der Waals surface area (Å²) in [6, 6.07) is 9.34. The molecule has 0 spiro atoms. The minimum Gasteiger partial charge on any atom is -0.481 e. The Balaban J connectivity index is 0.00000149. The van der Waals surface area contributed by atoms with E-state index >= 15 is 0 Å². The molecule has 5 N–H and O–H groups in total. The second-order valence-corrected chi connectivity index (χ2v) is 9.17. The number of allylic oxidation sites excluding steroid dienone is 1. The van der Waals surface area contributed by atoms with Crippen molar-refractivity contribution in [2.24, 2.45) is 11.6 Å². The third-order valence-corrected chi connectivity index (χ3v) is 5.59. The van der Waals surface area contributed by atoms with Crippen LogP contribution >= 0.6 is 0 Å². The highest BCUT2D eigenvalue weighted by atomic mass is 16.4. The number of hydrogen-bond acceptors (Lipinski definition) is 8. The number of aromatic nitrogens is 2. The Morgan fingerprint density at radius 3 is 2.20 bits per heavy atom. The van der Waals surface area contributed by atoms with E-state index in [4.69, 9.17) is 21.5 Å². The number of anilines is 1. The summed E-state index contributed by atoms with van der Waals surface area (Å²) in [5.74, 6) is 5.23. The molecule has 3 rings (SSSR count). The van der Waals surface area contributed by atoms with Crippen LogP contribution < -0.4 is 22.0 Å². The molecule has 0 saturated carbocycles. The van der Waals surface area contributed by atoms with Crippen LogP contribution in [-0.4, -0.2) is 45.8 Å². The Labute approximate surface area is 239 Å². The van der Waals surface area contributed by atoms with Gasteiger partial charge in [0, 0.05) is 39.3 Å². The summed E-state index contributed by atoms with van der Waals surface area (Å²) in [6.45, 7) is 13.5. The Bertz CT molecular complexity index is 1160. The minimum absolute atomic E-state index is 0.127. The summed E-state index contributed by atoms with van der Waals surface area (Å²) in [7, 11) is 1.68. The quantitative estimate of drug-likeness (QED) is 0.325. The van der Waals surface area contributed by atoms with Crippen LogP contribution in [0.5, 0.6) is 0 Å². The van der Waals surface area contributed by atoms with E-state index in [-0.39, 0.29) is 12.1 Å². The predicted octanol–water partition coefficient (Wildman–Crippen LogP) is 4.72. The van der Waals surface area contributed by atoms with Gasteiger partial charge in [-0.1, -0.05) is 53.5 Å². The Morgan fingerprint density at radius 1 is 1.12 bits per heavy atom. The molecule has 2 aromatic heterocycles. The number of pyridine rings is 2. The molecule has 0 aliphatic carbocycles. The van der Waals surface area contributed by atoms with Crippen LogP contribution in [0, 0.1) is 11.3 Å². The summed E-state index contributed by atoms with van der Waals surface area (Å²) in [4.78, 5) is 28.1. The molecule has 0 radical (unpaired) electrons. The van der Waals surface area contributed by atoms with Crippen LogP contribution in [0.2, 0.25) is 0 Å². The number of carboxylic acids is 1. The van der Waals surface area contributed by atoms with Crippen LogP contribution in [0.3, 0.4) is 0 Å². The molecular formula is C30H49N7O3. The lowest BCUT2D eigenvalue weighted by molar-refractivity contribution is -0.134. The molecule has 0 atom stereocenters. The van der Waals surface area contributed by atoms with E-state index in [2.05, 4.69) is 36.7 Å². The molecule has 3 heterocycles. The number of likely N-dealkylation sites (N-methyl/N-ethyl adjacent to an activating group) is 1. The van der Waals surface area contributed by atoms with Gasteiger partial charge in [0.1, 0.15) is 6.07 Å².